The van der Waals surface area contributed by atoms with Crippen LogP contribution in [-0.2, 0) is 11.2 Å². The van der Waals surface area contributed by atoms with Gasteiger partial charge in [-0.15, -0.1) is 0 Å². The van der Waals surface area contributed by atoms with Gasteiger partial charge in [0, 0.05) is 10.5 Å². The molecule has 1 N–H and O–H groups in total. The van der Waals surface area contributed by atoms with E-state index in [-0.39, 0.29) is 0 Å². The lowest BCUT2D eigenvalue weighted by atomic mass is 10.1. The lowest BCUT2D eigenvalue weighted by Gasteiger charge is -1.97. The number of carboxylic acid groups (broad SMARTS) is 1. The van der Waals surface area contributed by atoms with Crippen molar-refractivity contribution in [3.8, 4) is 0 Å². The van der Waals surface area contributed by atoms with Crippen molar-refractivity contribution >= 4 is 21.9 Å². The molecule has 14 heavy (non-hydrogen) atoms. The Bertz CT molecular complexity index is 328. The van der Waals surface area contributed by atoms with Crippen molar-refractivity contribution < 1.29 is 9.90 Å². The van der Waals surface area contributed by atoms with Crippen molar-refractivity contribution in [3.05, 3.63) is 46.5 Å². The highest BCUT2D eigenvalue weighted by Gasteiger charge is 1.91. The minimum absolute atomic E-state index is 0.758. The Balaban J connectivity index is 2.39. The third-order valence-electron chi connectivity index (χ3n) is 1.77. The number of halogens is 1. The third-order valence-corrected chi connectivity index (χ3v) is 2.30. The van der Waals surface area contributed by atoms with Gasteiger partial charge in [-0.25, -0.2) is 4.79 Å². The summed E-state index contributed by atoms with van der Waals surface area (Å²) in [7, 11) is 0. The van der Waals surface area contributed by atoms with Crippen LogP contribution in [0.4, 0.5) is 0 Å². The zero-order chi connectivity index (χ0) is 10.4. The van der Waals surface area contributed by atoms with E-state index in [4.69, 9.17) is 5.11 Å². The summed E-state index contributed by atoms with van der Waals surface area (Å²) in [6.45, 7) is 0. The van der Waals surface area contributed by atoms with Gasteiger partial charge in [-0.05, 0) is 30.5 Å². The Morgan fingerprint density at radius 2 is 2.00 bits per heavy atom. The fourth-order valence-electron chi connectivity index (χ4n) is 1.09. The maximum atomic E-state index is 10.2. The van der Waals surface area contributed by atoms with Gasteiger partial charge in [0.15, 0.2) is 0 Å². The van der Waals surface area contributed by atoms with Crippen LogP contribution in [0.25, 0.3) is 0 Å². The molecule has 1 aromatic rings. The second kappa shape index (κ2) is 5.60. The molecule has 0 fully saturated rings. The van der Waals surface area contributed by atoms with Crippen LogP contribution >= 0.6 is 15.9 Å². The van der Waals surface area contributed by atoms with Crippen LogP contribution in [0.3, 0.4) is 0 Å². The van der Waals surface area contributed by atoms with Crippen LogP contribution in [0.2, 0.25) is 0 Å². The Hall–Kier alpha value is -1.09. The summed E-state index contributed by atoms with van der Waals surface area (Å²) in [6, 6.07) is 8.02. The molecule has 0 unspecified atom stereocenters. The molecule has 1 aromatic carbocycles. The number of aryl methyl sites for hydroxylation is 1. The first-order chi connectivity index (χ1) is 6.68. The SMILES string of the molecule is O=C(O)/C=C/CCc1ccc(Br)cc1. The summed E-state index contributed by atoms with van der Waals surface area (Å²) in [5.74, 6) is -0.888. The minimum atomic E-state index is -0.888. The molecule has 0 aliphatic carbocycles. The average Bonchev–Trinajstić information content (AvgIpc) is 2.15. The fourth-order valence-corrected chi connectivity index (χ4v) is 1.35. The van der Waals surface area contributed by atoms with Crippen LogP contribution in [0.15, 0.2) is 40.9 Å². The molecule has 3 heteroatoms. The standard InChI is InChI=1S/C11H11BrO2/c12-10-7-5-9(6-8-10)3-1-2-4-11(13)14/h2,4-8H,1,3H2,(H,13,14)/b4-2+. The largest absolute Gasteiger partial charge is 0.478 e. The van der Waals surface area contributed by atoms with Gasteiger partial charge >= 0.3 is 5.97 Å². The Morgan fingerprint density at radius 1 is 1.36 bits per heavy atom. The maximum absolute atomic E-state index is 10.2. The fraction of sp³-hybridized carbons (Fsp3) is 0.182. The van der Waals surface area contributed by atoms with Crippen molar-refractivity contribution in [3.63, 3.8) is 0 Å². The van der Waals surface area contributed by atoms with Gasteiger partial charge in [-0.2, -0.15) is 0 Å². The summed E-state index contributed by atoms with van der Waals surface area (Å²) >= 11 is 3.35. The predicted molar refractivity (Wildman–Crippen MR) is 59.2 cm³/mol. The molecule has 0 heterocycles. The molecule has 0 spiro atoms. The molecule has 0 aliphatic heterocycles. The highest BCUT2D eigenvalue weighted by Crippen LogP contribution is 2.11. The average molecular weight is 255 g/mol. The van der Waals surface area contributed by atoms with Crippen LogP contribution < -0.4 is 0 Å². The molecule has 0 aromatic heterocycles. The normalized spacial score (nSPS) is 10.6. The quantitative estimate of drug-likeness (QED) is 0.839. The smallest absolute Gasteiger partial charge is 0.327 e. The van der Waals surface area contributed by atoms with Gasteiger partial charge in [-0.3, -0.25) is 0 Å². The number of carboxylic acids is 1. The molecular formula is C11H11BrO2. The van der Waals surface area contributed by atoms with E-state index in [1.54, 1.807) is 6.08 Å². The molecule has 0 saturated carbocycles. The second-order valence-electron chi connectivity index (χ2n) is 2.91. The van der Waals surface area contributed by atoms with E-state index < -0.39 is 5.97 Å². The zero-order valence-corrected chi connectivity index (χ0v) is 9.20. The van der Waals surface area contributed by atoms with Crippen molar-refractivity contribution in [2.45, 2.75) is 12.8 Å². The lowest BCUT2D eigenvalue weighted by molar-refractivity contribution is -0.131. The lowest BCUT2D eigenvalue weighted by Crippen LogP contribution is -1.87. The topological polar surface area (TPSA) is 37.3 Å². The maximum Gasteiger partial charge on any atom is 0.327 e. The molecular weight excluding hydrogens is 244 g/mol. The molecule has 0 amide bonds. The molecule has 2 nitrogen and oxygen atoms in total. The second-order valence-corrected chi connectivity index (χ2v) is 3.82. The van der Waals surface area contributed by atoms with Gasteiger partial charge in [0.1, 0.15) is 0 Å². The third kappa shape index (κ3) is 4.23. The molecule has 0 saturated heterocycles. The first-order valence-corrected chi connectivity index (χ1v) is 5.11. The summed E-state index contributed by atoms with van der Waals surface area (Å²) in [6.07, 6.45) is 4.48. The first kappa shape index (κ1) is 11.0. The van der Waals surface area contributed by atoms with E-state index in [0.717, 1.165) is 17.3 Å². The highest BCUT2D eigenvalue weighted by molar-refractivity contribution is 9.10. The monoisotopic (exact) mass is 254 g/mol. The Labute approximate surface area is 91.4 Å². The van der Waals surface area contributed by atoms with Crippen LogP contribution in [0.1, 0.15) is 12.0 Å². The van der Waals surface area contributed by atoms with Crippen molar-refractivity contribution in [1.29, 1.82) is 0 Å². The summed E-state index contributed by atoms with van der Waals surface area (Å²) in [4.78, 5) is 10.2. The molecule has 1 rings (SSSR count). The summed E-state index contributed by atoms with van der Waals surface area (Å²) < 4.78 is 1.06. The molecule has 0 bridgehead atoms. The summed E-state index contributed by atoms with van der Waals surface area (Å²) in [5, 5.41) is 8.35. The van der Waals surface area contributed by atoms with E-state index in [2.05, 4.69) is 15.9 Å². The van der Waals surface area contributed by atoms with E-state index >= 15 is 0 Å². The zero-order valence-electron chi connectivity index (χ0n) is 7.61. The van der Waals surface area contributed by atoms with Gasteiger partial charge in [0.2, 0.25) is 0 Å². The van der Waals surface area contributed by atoms with Gasteiger partial charge in [0.25, 0.3) is 0 Å². The van der Waals surface area contributed by atoms with Gasteiger partial charge in [-0.1, -0.05) is 34.1 Å². The molecule has 0 atom stereocenters. The number of aliphatic carboxylic acids is 1. The number of rotatable bonds is 4. The van der Waals surface area contributed by atoms with E-state index in [1.165, 1.54) is 11.6 Å². The number of carbonyl (C=O) groups is 1. The van der Waals surface area contributed by atoms with Crippen LogP contribution in [0.5, 0.6) is 0 Å². The van der Waals surface area contributed by atoms with E-state index in [0.29, 0.717) is 0 Å². The van der Waals surface area contributed by atoms with Crippen LogP contribution in [0, 0.1) is 0 Å². The minimum Gasteiger partial charge on any atom is -0.478 e. The first-order valence-electron chi connectivity index (χ1n) is 4.32. The van der Waals surface area contributed by atoms with Crippen molar-refractivity contribution in [2.24, 2.45) is 0 Å². The van der Waals surface area contributed by atoms with Crippen molar-refractivity contribution in [1.82, 2.24) is 0 Å². The number of allylic oxidation sites excluding steroid dienone is 1. The van der Waals surface area contributed by atoms with Crippen LogP contribution in [-0.4, -0.2) is 11.1 Å². The van der Waals surface area contributed by atoms with E-state index in [1.807, 2.05) is 24.3 Å². The molecule has 0 radical (unpaired) electrons. The molecule has 74 valence electrons. The predicted octanol–water partition coefficient (Wildman–Crippen LogP) is 3.02. The number of hydrogen-bond donors (Lipinski definition) is 1. The number of hydrogen-bond acceptors (Lipinski definition) is 1. The van der Waals surface area contributed by atoms with Gasteiger partial charge < -0.3 is 5.11 Å². The highest BCUT2D eigenvalue weighted by atomic mass is 79.9. The van der Waals surface area contributed by atoms with Crippen molar-refractivity contribution in [2.75, 3.05) is 0 Å². The summed E-state index contributed by atoms with van der Waals surface area (Å²) in [5.41, 5.74) is 1.21. The van der Waals surface area contributed by atoms with Gasteiger partial charge in [0.05, 0.1) is 0 Å². The Morgan fingerprint density at radius 3 is 2.57 bits per heavy atom. The number of benzene rings is 1. The molecule has 0 aliphatic rings. The Kier molecular flexibility index (Phi) is 4.40. The van der Waals surface area contributed by atoms with E-state index in [9.17, 15) is 4.79 Å².